The van der Waals surface area contributed by atoms with Gasteiger partial charge in [0.1, 0.15) is 11.3 Å². The van der Waals surface area contributed by atoms with Crippen LogP contribution in [0.2, 0.25) is 0 Å². The quantitative estimate of drug-likeness (QED) is 0.108. The number of methoxy groups -OCH3 is 3. The molecule has 0 aliphatic carbocycles. The molecule has 0 aromatic heterocycles. The SMILES string of the molecule is COc1cc(C(=O)N/N=C\c2ccc(OC(=O)c3cccc4ccccc34)cc2)c([N+](=O)[O-])c(OC)c1OC. The van der Waals surface area contributed by atoms with E-state index in [2.05, 4.69) is 10.5 Å². The highest BCUT2D eigenvalue weighted by atomic mass is 16.6. The summed E-state index contributed by atoms with van der Waals surface area (Å²) in [7, 11) is 3.84. The molecule has 0 spiro atoms. The molecule has 0 saturated heterocycles. The average molecular weight is 530 g/mol. The van der Waals surface area contributed by atoms with E-state index in [1.807, 2.05) is 30.3 Å². The second-order valence-electron chi connectivity index (χ2n) is 7.98. The van der Waals surface area contributed by atoms with Crippen molar-refractivity contribution in [2.24, 2.45) is 5.10 Å². The molecular formula is C28H23N3O8. The molecule has 4 aromatic rings. The number of benzene rings is 4. The molecule has 0 aliphatic rings. The number of rotatable bonds is 9. The molecule has 1 amide bonds. The standard InChI is InChI=1S/C28H23N3O8/c1-36-23-15-22(24(31(34)35)26(38-3)25(23)37-2)27(32)30-29-16-17-11-13-19(14-12-17)39-28(33)21-10-6-8-18-7-4-5-9-20(18)21/h4-16H,1-3H3,(H,30,32)/b29-16-. The highest BCUT2D eigenvalue weighted by Crippen LogP contribution is 2.46. The number of hydrazone groups is 1. The number of esters is 1. The van der Waals surface area contributed by atoms with Gasteiger partial charge < -0.3 is 18.9 Å². The Labute approximate surface area is 222 Å². The smallest absolute Gasteiger partial charge is 0.344 e. The van der Waals surface area contributed by atoms with Crippen molar-refractivity contribution in [3.63, 3.8) is 0 Å². The van der Waals surface area contributed by atoms with Crippen molar-refractivity contribution in [2.45, 2.75) is 0 Å². The Morgan fingerprint density at radius 1 is 0.872 bits per heavy atom. The first-order valence-corrected chi connectivity index (χ1v) is 11.5. The number of carbonyl (C=O) groups excluding carboxylic acids is 2. The van der Waals surface area contributed by atoms with Crippen molar-refractivity contribution in [1.82, 2.24) is 5.43 Å². The van der Waals surface area contributed by atoms with Crippen LogP contribution in [0.1, 0.15) is 26.3 Å². The average Bonchev–Trinajstić information content (AvgIpc) is 2.96. The predicted molar refractivity (Wildman–Crippen MR) is 143 cm³/mol. The summed E-state index contributed by atoms with van der Waals surface area (Å²) in [5.74, 6) is -1.24. The third kappa shape index (κ3) is 5.62. The molecule has 0 atom stereocenters. The van der Waals surface area contributed by atoms with Crippen LogP contribution in [-0.4, -0.2) is 44.3 Å². The van der Waals surface area contributed by atoms with Crippen LogP contribution < -0.4 is 24.4 Å². The van der Waals surface area contributed by atoms with E-state index in [-0.39, 0.29) is 22.8 Å². The molecule has 1 N–H and O–H groups in total. The fraction of sp³-hybridized carbons (Fsp3) is 0.107. The van der Waals surface area contributed by atoms with Gasteiger partial charge in [-0.25, -0.2) is 10.2 Å². The van der Waals surface area contributed by atoms with Gasteiger partial charge in [-0.2, -0.15) is 5.10 Å². The maximum Gasteiger partial charge on any atom is 0.344 e. The lowest BCUT2D eigenvalue weighted by molar-refractivity contribution is -0.386. The van der Waals surface area contributed by atoms with Crippen LogP contribution in [0.3, 0.4) is 0 Å². The van der Waals surface area contributed by atoms with E-state index < -0.39 is 22.5 Å². The minimum atomic E-state index is -0.863. The molecule has 4 aromatic carbocycles. The van der Waals surface area contributed by atoms with Crippen molar-refractivity contribution >= 4 is 34.6 Å². The third-order valence-corrected chi connectivity index (χ3v) is 5.71. The van der Waals surface area contributed by atoms with Crippen molar-refractivity contribution in [2.75, 3.05) is 21.3 Å². The Balaban J connectivity index is 1.47. The summed E-state index contributed by atoms with van der Waals surface area (Å²) in [4.78, 5) is 36.4. The molecule has 0 radical (unpaired) electrons. The van der Waals surface area contributed by atoms with Gasteiger partial charge in [-0.1, -0.05) is 36.4 Å². The van der Waals surface area contributed by atoms with Gasteiger partial charge in [0.15, 0.2) is 5.75 Å². The summed E-state index contributed by atoms with van der Waals surface area (Å²) >= 11 is 0. The Hall–Kier alpha value is -5.45. The van der Waals surface area contributed by atoms with Crippen LogP contribution in [0.25, 0.3) is 10.8 Å². The van der Waals surface area contributed by atoms with E-state index in [9.17, 15) is 19.7 Å². The van der Waals surface area contributed by atoms with Crippen LogP contribution in [0.4, 0.5) is 5.69 Å². The first kappa shape index (κ1) is 26.6. The monoisotopic (exact) mass is 529 g/mol. The molecular weight excluding hydrogens is 506 g/mol. The maximum absolute atomic E-state index is 12.8. The first-order chi connectivity index (χ1) is 18.9. The lowest BCUT2D eigenvalue weighted by Crippen LogP contribution is -2.20. The first-order valence-electron chi connectivity index (χ1n) is 11.5. The summed E-state index contributed by atoms with van der Waals surface area (Å²) in [5, 5.41) is 17.3. The minimum Gasteiger partial charge on any atom is -0.493 e. The zero-order valence-electron chi connectivity index (χ0n) is 21.2. The van der Waals surface area contributed by atoms with Gasteiger partial charge in [0.25, 0.3) is 5.91 Å². The number of nitrogens with zero attached hydrogens (tertiary/aromatic N) is 2. The van der Waals surface area contributed by atoms with E-state index in [1.165, 1.54) is 33.6 Å². The summed E-state index contributed by atoms with van der Waals surface area (Å²) in [6.07, 6.45) is 1.33. The molecule has 0 bridgehead atoms. The van der Waals surface area contributed by atoms with Gasteiger partial charge in [0, 0.05) is 6.07 Å². The third-order valence-electron chi connectivity index (χ3n) is 5.71. The summed E-state index contributed by atoms with van der Waals surface area (Å²) in [6, 6.07) is 20.5. The molecule has 198 valence electrons. The zero-order chi connectivity index (χ0) is 27.9. The van der Waals surface area contributed by atoms with E-state index in [0.717, 1.165) is 10.8 Å². The number of fused-ring (bicyclic) bond motifs is 1. The van der Waals surface area contributed by atoms with E-state index in [1.54, 1.807) is 36.4 Å². The van der Waals surface area contributed by atoms with Crippen LogP contribution in [0.15, 0.2) is 77.9 Å². The largest absolute Gasteiger partial charge is 0.493 e. The second kappa shape index (κ2) is 11.7. The van der Waals surface area contributed by atoms with Gasteiger partial charge >= 0.3 is 11.7 Å². The number of carbonyl (C=O) groups is 2. The highest BCUT2D eigenvalue weighted by molar-refractivity contribution is 6.05. The van der Waals surface area contributed by atoms with Crippen molar-refractivity contribution in [3.05, 3.63) is 99.6 Å². The normalized spacial score (nSPS) is 10.7. The zero-order valence-corrected chi connectivity index (χ0v) is 21.2. The number of ether oxygens (including phenoxy) is 4. The van der Waals surface area contributed by atoms with E-state index in [4.69, 9.17) is 18.9 Å². The van der Waals surface area contributed by atoms with Gasteiger partial charge in [-0.05, 0) is 46.7 Å². The number of nitrogens with one attached hydrogen (secondary N) is 1. The molecule has 11 heteroatoms. The van der Waals surface area contributed by atoms with Gasteiger partial charge in [0.2, 0.25) is 11.5 Å². The van der Waals surface area contributed by atoms with Gasteiger partial charge in [-0.3, -0.25) is 14.9 Å². The van der Waals surface area contributed by atoms with Gasteiger partial charge in [0.05, 0.1) is 38.0 Å². The highest BCUT2D eigenvalue weighted by Gasteiger charge is 2.32. The molecule has 0 aliphatic heterocycles. The lowest BCUT2D eigenvalue weighted by atomic mass is 10.0. The second-order valence-corrected chi connectivity index (χ2v) is 7.98. The Morgan fingerprint density at radius 3 is 2.23 bits per heavy atom. The predicted octanol–water partition coefficient (Wildman–Crippen LogP) is 4.76. The molecule has 4 rings (SSSR count). The van der Waals surface area contributed by atoms with Crippen LogP contribution in [-0.2, 0) is 0 Å². The Bertz CT molecular complexity index is 1580. The van der Waals surface area contributed by atoms with E-state index in [0.29, 0.717) is 16.9 Å². The van der Waals surface area contributed by atoms with Crippen molar-refractivity contribution < 1.29 is 33.5 Å². The number of nitro groups is 1. The number of hydrogen-bond donors (Lipinski definition) is 1. The fourth-order valence-corrected chi connectivity index (χ4v) is 3.91. The molecule has 39 heavy (non-hydrogen) atoms. The molecule has 0 unspecified atom stereocenters. The maximum atomic E-state index is 12.8. The number of nitro benzene ring substituents is 1. The van der Waals surface area contributed by atoms with Gasteiger partial charge in [-0.15, -0.1) is 0 Å². The summed E-state index contributed by atoms with van der Waals surface area (Å²) in [5.41, 5.74) is 2.34. The minimum absolute atomic E-state index is 0.0204. The Kier molecular flexibility index (Phi) is 8.00. The van der Waals surface area contributed by atoms with Crippen molar-refractivity contribution in [3.8, 4) is 23.0 Å². The molecule has 0 heterocycles. The molecule has 11 nitrogen and oxygen atoms in total. The number of amides is 1. The molecule has 0 saturated carbocycles. The van der Waals surface area contributed by atoms with E-state index >= 15 is 0 Å². The molecule has 0 fully saturated rings. The van der Waals surface area contributed by atoms with Crippen LogP contribution >= 0.6 is 0 Å². The van der Waals surface area contributed by atoms with Crippen molar-refractivity contribution in [1.29, 1.82) is 0 Å². The Morgan fingerprint density at radius 2 is 1.56 bits per heavy atom. The van der Waals surface area contributed by atoms with Crippen LogP contribution in [0.5, 0.6) is 23.0 Å². The topological polar surface area (TPSA) is 139 Å². The number of hydrogen-bond acceptors (Lipinski definition) is 9. The van der Waals surface area contributed by atoms with Crippen LogP contribution in [0, 0.1) is 10.1 Å². The summed E-state index contributed by atoms with van der Waals surface area (Å²) < 4.78 is 21.0. The summed E-state index contributed by atoms with van der Waals surface area (Å²) in [6.45, 7) is 0. The fourth-order valence-electron chi connectivity index (χ4n) is 3.91. The lowest BCUT2D eigenvalue weighted by Gasteiger charge is -2.14.